The van der Waals surface area contributed by atoms with Gasteiger partial charge in [0.2, 0.25) is 0 Å². The summed E-state index contributed by atoms with van der Waals surface area (Å²) in [5.74, 6) is 1.11. The molecule has 0 unspecified atom stereocenters. The minimum absolute atomic E-state index is 0.912. The zero-order chi connectivity index (χ0) is 11.4. The van der Waals surface area contributed by atoms with Crippen molar-refractivity contribution in [2.75, 3.05) is 11.9 Å². The quantitative estimate of drug-likeness (QED) is 0.848. The molecule has 0 saturated heterocycles. The summed E-state index contributed by atoms with van der Waals surface area (Å²) in [4.78, 5) is 4.29. The topological polar surface area (TPSA) is 29.9 Å². The molecule has 1 heterocycles. The minimum Gasteiger partial charge on any atom is -0.384 e. The number of hydrogen-bond acceptors (Lipinski definition) is 2. The third-order valence-electron chi connectivity index (χ3n) is 2.73. The Morgan fingerprint density at radius 1 is 1.31 bits per heavy atom. The molecule has 1 N–H and O–H groups in total. The summed E-state index contributed by atoms with van der Waals surface area (Å²) in [6.07, 6.45) is 4.75. The highest BCUT2D eigenvalue weighted by Gasteiger charge is 1.99. The number of imidazole rings is 1. The van der Waals surface area contributed by atoms with E-state index < -0.39 is 0 Å². The highest BCUT2D eigenvalue weighted by Crippen LogP contribution is 2.12. The van der Waals surface area contributed by atoms with Crippen molar-refractivity contribution in [2.24, 2.45) is 7.05 Å². The molecule has 0 aliphatic rings. The van der Waals surface area contributed by atoms with Gasteiger partial charge >= 0.3 is 0 Å². The van der Waals surface area contributed by atoms with Gasteiger partial charge in [0.25, 0.3) is 0 Å². The zero-order valence-corrected chi connectivity index (χ0v) is 9.77. The molecule has 1 aromatic heterocycles. The number of rotatable bonds is 4. The fourth-order valence-electron chi connectivity index (χ4n) is 1.72. The Balaban J connectivity index is 1.89. The van der Waals surface area contributed by atoms with E-state index in [0.29, 0.717) is 0 Å². The fourth-order valence-corrected chi connectivity index (χ4v) is 1.72. The number of nitrogens with zero attached hydrogens (tertiary/aromatic N) is 2. The third kappa shape index (κ3) is 2.42. The Morgan fingerprint density at radius 3 is 2.81 bits per heavy atom. The molecule has 0 bridgehead atoms. The summed E-state index contributed by atoms with van der Waals surface area (Å²) in [5.41, 5.74) is 2.49. The van der Waals surface area contributed by atoms with Gasteiger partial charge in [0.15, 0.2) is 0 Å². The fraction of sp³-hybridized carbons (Fsp3) is 0.308. The molecule has 0 amide bonds. The monoisotopic (exact) mass is 215 g/mol. The summed E-state index contributed by atoms with van der Waals surface area (Å²) >= 11 is 0. The molecule has 0 atom stereocenters. The number of benzene rings is 1. The van der Waals surface area contributed by atoms with Crippen LogP contribution in [-0.2, 0) is 13.5 Å². The Kier molecular flexibility index (Phi) is 3.25. The van der Waals surface area contributed by atoms with Crippen molar-refractivity contribution >= 4 is 5.69 Å². The van der Waals surface area contributed by atoms with E-state index in [1.807, 2.05) is 19.4 Å². The van der Waals surface area contributed by atoms with E-state index in [4.69, 9.17) is 0 Å². The van der Waals surface area contributed by atoms with E-state index in [1.54, 1.807) is 0 Å². The van der Waals surface area contributed by atoms with E-state index in [2.05, 4.69) is 46.1 Å². The number of hydrogen-bond donors (Lipinski definition) is 1. The summed E-state index contributed by atoms with van der Waals surface area (Å²) in [7, 11) is 2.02. The molecular weight excluding hydrogens is 198 g/mol. The van der Waals surface area contributed by atoms with E-state index in [1.165, 1.54) is 11.3 Å². The first kappa shape index (κ1) is 10.7. The molecule has 3 heteroatoms. The van der Waals surface area contributed by atoms with E-state index in [0.717, 1.165) is 18.8 Å². The highest BCUT2D eigenvalue weighted by molar-refractivity contribution is 5.50. The van der Waals surface area contributed by atoms with Crippen LogP contribution in [0.25, 0.3) is 0 Å². The average molecular weight is 215 g/mol. The molecule has 2 rings (SSSR count). The molecule has 16 heavy (non-hydrogen) atoms. The Morgan fingerprint density at radius 2 is 2.12 bits per heavy atom. The first-order valence-corrected chi connectivity index (χ1v) is 5.53. The lowest BCUT2D eigenvalue weighted by Crippen LogP contribution is -2.09. The van der Waals surface area contributed by atoms with Crippen molar-refractivity contribution in [3.8, 4) is 0 Å². The first-order valence-electron chi connectivity index (χ1n) is 5.53. The molecule has 0 fully saturated rings. The molecule has 0 spiro atoms. The Hall–Kier alpha value is -1.77. The highest BCUT2D eigenvalue weighted by atomic mass is 15.0. The van der Waals surface area contributed by atoms with Gasteiger partial charge in [-0.2, -0.15) is 0 Å². The zero-order valence-electron chi connectivity index (χ0n) is 9.77. The van der Waals surface area contributed by atoms with Crippen LogP contribution < -0.4 is 5.32 Å². The van der Waals surface area contributed by atoms with Crippen LogP contribution in [0.4, 0.5) is 5.69 Å². The van der Waals surface area contributed by atoms with E-state index in [9.17, 15) is 0 Å². The number of nitrogens with one attached hydrogen (secondary N) is 1. The number of para-hydroxylation sites is 1. The van der Waals surface area contributed by atoms with Crippen LogP contribution in [0.5, 0.6) is 0 Å². The van der Waals surface area contributed by atoms with Crippen molar-refractivity contribution < 1.29 is 0 Å². The molecule has 2 aromatic rings. The predicted octanol–water partition coefficient (Wildman–Crippen LogP) is 2.38. The SMILES string of the molecule is Cc1ccccc1NCCc1nccn1C. The molecule has 1 aromatic carbocycles. The smallest absolute Gasteiger partial charge is 0.110 e. The molecule has 84 valence electrons. The van der Waals surface area contributed by atoms with Crippen LogP contribution in [-0.4, -0.2) is 16.1 Å². The van der Waals surface area contributed by atoms with Crippen LogP contribution in [0.3, 0.4) is 0 Å². The molecule has 3 nitrogen and oxygen atoms in total. The lowest BCUT2D eigenvalue weighted by molar-refractivity contribution is 0.789. The van der Waals surface area contributed by atoms with Gasteiger partial charge in [0, 0.05) is 38.1 Å². The second-order valence-corrected chi connectivity index (χ2v) is 3.95. The summed E-state index contributed by atoms with van der Waals surface area (Å²) in [6.45, 7) is 3.03. The van der Waals surface area contributed by atoms with E-state index >= 15 is 0 Å². The maximum Gasteiger partial charge on any atom is 0.110 e. The van der Waals surface area contributed by atoms with Crippen molar-refractivity contribution in [3.05, 3.63) is 48.0 Å². The predicted molar refractivity (Wildman–Crippen MR) is 66.6 cm³/mol. The van der Waals surface area contributed by atoms with Crippen molar-refractivity contribution in [1.82, 2.24) is 9.55 Å². The standard InChI is InChI=1S/C13H17N3/c1-11-5-3-4-6-12(11)14-8-7-13-15-9-10-16(13)2/h3-6,9-10,14H,7-8H2,1-2H3. The lowest BCUT2D eigenvalue weighted by Gasteiger charge is -2.08. The van der Waals surface area contributed by atoms with Crippen LogP contribution in [0.15, 0.2) is 36.7 Å². The van der Waals surface area contributed by atoms with Gasteiger partial charge in [-0.3, -0.25) is 0 Å². The average Bonchev–Trinajstić information content (AvgIpc) is 2.67. The van der Waals surface area contributed by atoms with Gasteiger partial charge in [-0.1, -0.05) is 18.2 Å². The Labute approximate surface area is 96.1 Å². The maximum atomic E-state index is 4.29. The molecule has 0 radical (unpaired) electrons. The van der Waals surface area contributed by atoms with Gasteiger partial charge in [-0.25, -0.2) is 4.98 Å². The van der Waals surface area contributed by atoms with Crippen molar-refractivity contribution in [1.29, 1.82) is 0 Å². The summed E-state index contributed by atoms with van der Waals surface area (Å²) in [5, 5.41) is 3.43. The van der Waals surface area contributed by atoms with Crippen molar-refractivity contribution in [2.45, 2.75) is 13.3 Å². The second-order valence-electron chi connectivity index (χ2n) is 3.95. The molecule has 0 aliphatic heterocycles. The number of aryl methyl sites for hydroxylation is 2. The molecular formula is C13H17N3. The lowest BCUT2D eigenvalue weighted by atomic mass is 10.2. The van der Waals surface area contributed by atoms with Gasteiger partial charge in [0.05, 0.1) is 0 Å². The van der Waals surface area contributed by atoms with Crippen LogP contribution in [0.2, 0.25) is 0 Å². The first-order chi connectivity index (χ1) is 7.77. The van der Waals surface area contributed by atoms with Crippen molar-refractivity contribution in [3.63, 3.8) is 0 Å². The van der Waals surface area contributed by atoms with E-state index in [-0.39, 0.29) is 0 Å². The third-order valence-corrected chi connectivity index (χ3v) is 2.73. The number of aromatic nitrogens is 2. The summed E-state index contributed by atoms with van der Waals surface area (Å²) in [6, 6.07) is 8.33. The minimum atomic E-state index is 0.912. The summed E-state index contributed by atoms with van der Waals surface area (Å²) < 4.78 is 2.06. The van der Waals surface area contributed by atoms with Crippen LogP contribution in [0, 0.1) is 6.92 Å². The van der Waals surface area contributed by atoms with Gasteiger partial charge < -0.3 is 9.88 Å². The maximum absolute atomic E-state index is 4.29. The van der Waals surface area contributed by atoms with Gasteiger partial charge in [0.1, 0.15) is 5.82 Å². The van der Waals surface area contributed by atoms with Crippen LogP contribution in [0.1, 0.15) is 11.4 Å². The second kappa shape index (κ2) is 4.84. The molecule has 0 saturated carbocycles. The largest absolute Gasteiger partial charge is 0.384 e. The number of anilines is 1. The Bertz CT molecular complexity index is 460. The normalized spacial score (nSPS) is 10.4. The van der Waals surface area contributed by atoms with Crippen LogP contribution >= 0.6 is 0 Å². The molecule has 0 aliphatic carbocycles. The van der Waals surface area contributed by atoms with Gasteiger partial charge in [-0.05, 0) is 18.6 Å². The van der Waals surface area contributed by atoms with Gasteiger partial charge in [-0.15, -0.1) is 0 Å².